The summed E-state index contributed by atoms with van der Waals surface area (Å²) in [5, 5.41) is 18.7. The molecule has 3 atom stereocenters. The van der Waals surface area contributed by atoms with Crippen LogP contribution in [-0.2, 0) is 19.2 Å². The van der Waals surface area contributed by atoms with Gasteiger partial charge in [0.25, 0.3) is 5.91 Å². The van der Waals surface area contributed by atoms with E-state index in [1.807, 2.05) is 43.0 Å². The number of benzene rings is 3. The Kier molecular flexibility index (Phi) is 13.0. The van der Waals surface area contributed by atoms with Crippen LogP contribution in [0.15, 0.2) is 54.6 Å². The van der Waals surface area contributed by atoms with Crippen molar-refractivity contribution in [3.05, 3.63) is 75.8 Å². The van der Waals surface area contributed by atoms with Gasteiger partial charge in [-0.25, -0.2) is 0 Å². The van der Waals surface area contributed by atoms with Crippen LogP contribution in [0.2, 0.25) is 10.0 Å². The zero-order chi connectivity index (χ0) is 42.1. The number of imide groups is 1. The first-order valence-corrected chi connectivity index (χ1v) is 20.5. The van der Waals surface area contributed by atoms with Gasteiger partial charge in [0.2, 0.25) is 17.7 Å². The van der Waals surface area contributed by atoms with Crippen LogP contribution in [0.4, 0.5) is 22.7 Å². The number of piperidine rings is 1. The van der Waals surface area contributed by atoms with Gasteiger partial charge in [-0.15, -0.1) is 0 Å². The second kappa shape index (κ2) is 17.6. The fourth-order valence-corrected chi connectivity index (χ4v) is 8.81. The molecule has 3 saturated heterocycles. The number of halogens is 2. The molecular formula is C42H48Cl2N8O5S. The number of thiocarbonyl (C=S) groups is 1. The molecule has 6 rings (SSSR count). The number of nitriles is 1. The lowest BCUT2D eigenvalue weighted by Gasteiger charge is -2.44. The predicted octanol–water partition coefficient (Wildman–Crippen LogP) is 6.53. The first kappa shape index (κ1) is 42.8. The zero-order valence-electron chi connectivity index (χ0n) is 33.4. The molecule has 0 bridgehead atoms. The number of carbonyl (C=O) groups excluding carboxylic acids is 4. The minimum atomic E-state index is -0.986. The zero-order valence-corrected chi connectivity index (χ0v) is 35.7. The third kappa shape index (κ3) is 9.24. The van der Waals surface area contributed by atoms with Crippen molar-refractivity contribution in [2.45, 2.75) is 84.0 Å². The topological polar surface area (TPSA) is 150 Å². The van der Waals surface area contributed by atoms with Crippen molar-refractivity contribution in [1.29, 1.82) is 5.26 Å². The molecule has 3 fully saturated rings. The number of amides is 4. The van der Waals surface area contributed by atoms with E-state index in [2.05, 4.69) is 53.4 Å². The molecule has 0 spiro atoms. The smallest absolute Gasteiger partial charge is 0.259 e. The molecule has 3 aromatic carbocycles. The molecule has 0 saturated carbocycles. The van der Waals surface area contributed by atoms with Crippen LogP contribution < -0.4 is 30.5 Å². The van der Waals surface area contributed by atoms with Crippen LogP contribution in [0, 0.1) is 11.3 Å². The van der Waals surface area contributed by atoms with E-state index in [0.717, 1.165) is 30.1 Å². The lowest BCUT2D eigenvalue weighted by atomic mass is 9.98. The Hall–Kier alpha value is -4.78. The normalized spacial score (nSPS) is 21.3. The fourth-order valence-electron chi connectivity index (χ4n) is 7.84. The van der Waals surface area contributed by atoms with Crippen molar-refractivity contribution in [2.75, 3.05) is 53.2 Å². The number of ether oxygens (including phenoxy) is 1. The molecule has 0 aromatic heterocycles. The molecule has 13 nitrogen and oxygen atoms in total. The monoisotopic (exact) mass is 846 g/mol. The van der Waals surface area contributed by atoms with Gasteiger partial charge in [-0.3, -0.25) is 39.2 Å². The van der Waals surface area contributed by atoms with Crippen molar-refractivity contribution in [3.63, 3.8) is 0 Å². The van der Waals surface area contributed by atoms with Crippen molar-refractivity contribution >= 4 is 86.9 Å². The number of hydrogen-bond donors (Lipinski definition) is 3. The van der Waals surface area contributed by atoms with Crippen LogP contribution in [0.1, 0.15) is 71.4 Å². The number of rotatable bonds is 12. The SMILES string of the molecule is CC(C)c1cc(N2C(=S)N(c3ccc(C#N)c(Cl)c3)C(=O)C2(C)C)ccc1OCCN1C[C@@H](C)N(CC(=O)Nc2cc(Cl)cc(NC3CCC(=O)NC3=O)c2)[C@@H](C)C1. The van der Waals surface area contributed by atoms with E-state index in [0.29, 0.717) is 52.3 Å². The van der Waals surface area contributed by atoms with E-state index in [1.54, 1.807) is 36.4 Å². The molecule has 1 unspecified atom stereocenters. The molecule has 3 aromatic rings. The number of anilines is 4. The summed E-state index contributed by atoms with van der Waals surface area (Å²) in [5.41, 5.74) is 2.66. The first-order valence-electron chi connectivity index (χ1n) is 19.3. The molecule has 3 aliphatic heterocycles. The quantitative estimate of drug-likeness (QED) is 0.135. The van der Waals surface area contributed by atoms with Gasteiger partial charge in [0.05, 0.1) is 22.8 Å². The Morgan fingerprint density at radius 2 is 1.71 bits per heavy atom. The molecule has 16 heteroatoms. The molecule has 58 heavy (non-hydrogen) atoms. The Morgan fingerprint density at radius 1 is 1.02 bits per heavy atom. The van der Waals surface area contributed by atoms with Crippen LogP contribution in [0.5, 0.6) is 5.75 Å². The van der Waals surface area contributed by atoms with Gasteiger partial charge < -0.3 is 20.3 Å². The van der Waals surface area contributed by atoms with Crippen molar-refractivity contribution in [3.8, 4) is 11.8 Å². The highest BCUT2D eigenvalue weighted by Crippen LogP contribution is 2.40. The average molecular weight is 848 g/mol. The largest absolute Gasteiger partial charge is 0.492 e. The van der Waals surface area contributed by atoms with Gasteiger partial charge in [0.1, 0.15) is 30.0 Å². The second-order valence-corrected chi connectivity index (χ2v) is 17.1. The third-order valence-electron chi connectivity index (χ3n) is 10.8. The van der Waals surface area contributed by atoms with E-state index in [1.165, 1.54) is 4.90 Å². The van der Waals surface area contributed by atoms with Crippen molar-refractivity contribution < 1.29 is 23.9 Å². The molecule has 3 aliphatic rings. The van der Waals surface area contributed by atoms with E-state index >= 15 is 0 Å². The molecule has 3 N–H and O–H groups in total. The minimum absolute atomic E-state index is 0.0966. The molecular weight excluding hydrogens is 799 g/mol. The van der Waals surface area contributed by atoms with Gasteiger partial charge >= 0.3 is 0 Å². The van der Waals surface area contributed by atoms with Crippen LogP contribution >= 0.6 is 35.4 Å². The Bertz CT molecular complexity index is 2160. The summed E-state index contributed by atoms with van der Waals surface area (Å²) < 4.78 is 6.41. The van der Waals surface area contributed by atoms with E-state index < -0.39 is 17.5 Å². The summed E-state index contributed by atoms with van der Waals surface area (Å²) in [6, 6.07) is 17.5. The van der Waals surface area contributed by atoms with E-state index in [-0.39, 0.29) is 53.7 Å². The predicted molar refractivity (Wildman–Crippen MR) is 231 cm³/mol. The van der Waals surface area contributed by atoms with E-state index in [4.69, 9.17) is 40.2 Å². The maximum absolute atomic E-state index is 13.8. The number of piperazine rings is 1. The van der Waals surface area contributed by atoms with Crippen molar-refractivity contribution in [2.24, 2.45) is 0 Å². The summed E-state index contributed by atoms with van der Waals surface area (Å²) in [7, 11) is 0. The van der Waals surface area contributed by atoms with Crippen LogP contribution in [-0.4, -0.2) is 95.0 Å². The van der Waals surface area contributed by atoms with E-state index in [9.17, 15) is 24.4 Å². The summed E-state index contributed by atoms with van der Waals surface area (Å²) >= 11 is 18.6. The third-order valence-corrected chi connectivity index (χ3v) is 11.7. The molecule has 306 valence electrons. The number of carbonyl (C=O) groups is 4. The van der Waals surface area contributed by atoms with Gasteiger partial charge in [-0.2, -0.15) is 5.26 Å². The Morgan fingerprint density at radius 3 is 2.36 bits per heavy atom. The maximum Gasteiger partial charge on any atom is 0.259 e. The Labute approximate surface area is 354 Å². The van der Waals surface area contributed by atoms with Gasteiger partial charge in [0.15, 0.2) is 5.11 Å². The first-order chi connectivity index (χ1) is 27.5. The molecule has 0 aliphatic carbocycles. The molecule has 4 amide bonds. The fraction of sp³-hybridized carbons (Fsp3) is 0.429. The maximum atomic E-state index is 13.8. The number of nitrogens with one attached hydrogen (secondary N) is 3. The van der Waals surface area contributed by atoms with Crippen molar-refractivity contribution in [1.82, 2.24) is 15.1 Å². The Balaban J connectivity index is 1.04. The standard InChI is InChI=1S/C42H48Cl2N8O5S/c1-24(2)33-18-32(52-41(58)51(40(56)42(52,5)6)31-8-7-27(20-45)34(44)19-31)9-11-36(33)57-14-13-49-21-25(3)50(26(4)22-49)23-38(54)47-30-16-28(43)15-29(17-30)46-35-10-12-37(53)48-39(35)55/h7-9,11,15-19,24-26,35,46H,10,12-14,21-23H2,1-6H3,(H,47,54)(H,48,53,55)/t25-,26+,35?. The average Bonchev–Trinajstić information content (AvgIpc) is 3.32. The highest BCUT2D eigenvalue weighted by Gasteiger charge is 2.50. The van der Waals surface area contributed by atoms with Gasteiger partial charge in [-0.05, 0) is 112 Å². The second-order valence-electron chi connectivity index (χ2n) is 15.9. The van der Waals surface area contributed by atoms with Crippen LogP contribution in [0.3, 0.4) is 0 Å². The lowest BCUT2D eigenvalue weighted by molar-refractivity contribution is -0.133. The van der Waals surface area contributed by atoms with Gasteiger partial charge in [0, 0.05) is 60.2 Å². The highest BCUT2D eigenvalue weighted by atomic mass is 35.5. The molecule has 0 radical (unpaired) electrons. The highest BCUT2D eigenvalue weighted by molar-refractivity contribution is 7.81. The summed E-state index contributed by atoms with van der Waals surface area (Å²) in [5.74, 6) is -0.185. The summed E-state index contributed by atoms with van der Waals surface area (Å²) in [6.45, 7) is 14.9. The van der Waals surface area contributed by atoms with Crippen LogP contribution in [0.25, 0.3) is 0 Å². The summed E-state index contributed by atoms with van der Waals surface area (Å²) in [6.07, 6.45) is 0.617. The minimum Gasteiger partial charge on any atom is -0.492 e. The summed E-state index contributed by atoms with van der Waals surface area (Å²) in [4.78, 5) is 58.6. The molecule has 3 heterocycles. The lowest BCUT2D eigenvalue weighted by Crippen LogP contribution is -2.58. The number of nitrogens with zero attached hydrogens (tertiary/aromatic N) is 5. The van der Waals surface area contributed by atoms with Gasteiger partial charge in [-0.1, -0.05) is 37.0 Å². The number of hydrogen-bond acceptors (Lipinski definition) is 10.